The number of aromatic nitrogens is 2. The molecule has 41 heavy (non-hydrogen) atoms. The van der Waals surface area contributed by atoms with Gasteiger partial charge in [0.15, 0.2) is 19.8 Å². The predicted octanol–water partition coefficient (Wildman–Crippen LogP) is 6.36. The maximum Gasteiger partial charge on any atom is 0.256 e. The highest BCUT2D eigenvalue weighted by Crippen LogP contribution is 2.38. The maximum absolute atomic E-state index is 14.0. The number of amides is 1. The summed E-state index contributed by atoms with van der Waals surface area (Å²) in [5, 5.41) is 0.104. The molecule has 0 unspecified atom stereocenters. The summed E-state index contributed by atoms with van der Waals surface area (Å²) in [6.07, 6.45) is 8.67. The maximum atomic E-state index is 14.0. The number of carbonyl (C=O) groups is 1. The number of anilines is 1. The average Bonchev–Trinajstić information content (AvgIpc) is 2.96. The molecule has 1 aromatic heterocycles. The number of nitrogens with two attached hydrogens (primary N) is 1. The molecule has 1 aliphatic heterocycles. The van der Waals surface area contributed by atoms with Crippen LogP contribution in [0.2, 0.25) is 18.1 Å². The lowest BCUT2D eigenvalue weighted by Gasteiger charge is -2.38. The third-order valence-corrected chi connectivity index (χ3v) is 12.6. The molecule has 1 amide bonds. The lowest BCUT2D eigenvalue weighted by atomic mass is 9.95. The standard InChI is InChI=1S/C32H42N4O4Si/c1-32(2,3)41(5,6)40-15-13-26-16-24(25-19-34-22-35-20-25)12-14-36(26)31(37)27-17-29(38-4)30(18-28(27)33)39-21-23-10-8-7-9-11-23/h7-11,16-20,22,26H,12-15,21,33H2,1-6H3/t26-/m1/s1. The molecule has 1 atom stereocenters. The van der Waals surface area contributed by atoms with Crippen LogP contribution in [0, 0.1) is 0 Å². The first-order chi connectivity index (χ1) is 19.5. The largest absolute Gasteiger partial charge is 0.493 e. The number of nitrogens with zero attached hydrogens (tertiary/aromatic N) is 3. The Morgan fingerprint density at radius 1 is 1.10 bits per heavy atom. The minimum atomic E-state index is -1.94. The van der Waals surface area contributed by atoms with Gasteiger partial charge in [0, 0.05) is 42.9 Å². The molecule has 0 radical (unpaired) electrons. The Balaban J connectivity index is 1.58. The fourth-order valence-corrected chi connectivity index (χ4v) is 5.64. The molecule has 0 fully saturated rings. The number of ether oxygens (including phenoxy) is 2. The van der Waals surface area contributed by atoms with Gasteiger partial charge >= 0.3 is 0 Å². The van der Waals surface area contributed by atoms with Crippen molar-refractivity contribution < 1.29 is 18.7 Å². The summed E-state index contributed by atoms with van der Waals surface area (Å²) in [5.41, 5.74) is 10.3. The van der Waals surface area contributed by atoms with Gasteiger partial charge in [-0.2, -0.15) is 0 Å². The molecule has 0 spiro atoms. The summed E-state index contributed by atoms with van der Waals surface area (Å²) >= 11 is 0. The third kappa shape index (κ3) is 7.34. The monoisotopic (exact) mass is 574 g/mol. The molecule has 9 heteroatoms. The molecular formula is C32H42N4O4Si. The lowest BCUT2D eigenvalue weighted by Crippen LogP contribution is -2.45. The molecule has 2 aromatic carbocycles. The van der Waals surface area contributed by atoms with E-state index >= 15 is 0 Å². The van der Waals surface area contributed by atoms with E-state index in [1.807, 2.05) is 47.6 Å². The molecule has 3 aromatic rings. The van der Waals surface area contributed by atoms with Crippen LogP contribution < -0.4 is 15.2 Å². The Morgan fingerprint density at radius 3 is 2.46 bits per heavy atom. The molecule has 0 bridgehead atoms. The van der Waals surface area contributed by atoms with E-state index in [-0.39, 0.29) is 17.0 Å². The van der Waals surface area contributed by atoms with Crippen molar-refractivity contribution >= 4 is 25.5 Å². The number of methoxy groups -OCH3 is 1. The molecule has 2 N–H and O–H groups in total. The second kappa shape index (κ2) is 12.9. The van der Waals surface area contributed by atoms with Crippen LogP contribution in [0.1, 0.15) is 55.1 Å². The fourth-order valence-electron chi connectivity index (χ4n) is 4.58. The van der Waals surface area contributed by atoms with E-state index in [0.29, 0.717) is 55.4 Å². The van der Waals surface area contributed by atoms with Gasteiger partial charge < -0.3 is 24.5 Å². The first-order valence-electron chi connectivity index (χ1n) is 14.1. The highest BCUT2D eigenvalue weighted by molar-refractivity contribution is 6.74. The van der Waals surface area contributed by atoms with E-state index in [1.165, 1.54) is 6.33 Å². The van der Waals surface area contributed by atoms with Crippen molar-refractivity contribution in [1.29, 1.82) is 0 Å². The van der Waals surface area contributed by atoms with Gasteiger partial charge in [-0.15, -0.1) is 0 Å². The number of rotatable bonds is 10. The van der Waals surface area contributed by atoms with Gasteiger partial charge in [-0.3, -0.25) is 4.79 Å². The van der Waals surface area contributed by atoms with Gasteiger partial charge in [-0.1, -0.05) is 57.2 Å². The van der Waals surface area contributed by atoms with E-state index in [4.69, 9.17) is 19.6 Å². The summed E-state index contributed by atoms with van der Waals surface area (Å²) in [7, 11) is -0.375. The van der Waals surface area contributed by atoms with Crippen LogP contribution in [0.4, 0.5) is 5.69 Å². The molecular weight excluding hydrogens is 532 g/mol. The van der Waals surface area contributed by atoms with E-state index in [1.54, 1.807) is 19.2 Å². The van der Waals surface area contributed by atoms with Gasteiger partial charge in [-0.05, 0) is 48.2 Å². The zero-order valence-corrected chi connectivity index (χ0v) is 26.0. The molecule has 4 rings (SSSR count). The molecule has 0 saturated carbocycles. The van der Waals surface area contributed by atoms with Crippen molar-refractivity contribution in [2.75, 3.05) is 26.0 Å². The highest BCUT2D eigenvalue weighted by Gasteiger charge is 2.37. The second-order valence-electron chi connectivity index (χ2n) is 11.9. The zero-order chi connectivity index (χ0) is 29.6. The zero-order valence-electron chi connectivity index (χ0n) is 25.0. The minimum Gasteiger partial charge on any atom is -0.493 e. The van der Waals surface area contributed by atoms with Crippen LogP contribution in [0.5, 0.6) is 11.5 Å². The Bertz CT molecular complexity index is 1360. The Hall–Kier alpha value is -3.69. The Kier molecular flexibility index (Phi) is 9.50. The number of hydrogen-bond acceptors (Lipinski definition) is 7. The summed E-state index contributed by atoms with van der Waals surface area (Å²) in [6.45, 7) is 12.6. The summed E-state index contributed by atoms with van der Waals surface area (Å²) in [5.74, 6) is 0.813. The van der Waals surface area contributed by atoms with Crippen LogP contribution in [0.15, 0.2) is 67.3 Å². The third-order valence-electron chi connectivity index (χ3n) is 8.09. The van der Waals surface area contributed by atoms with Crippen LogP contribution in [-0.4, -0.2) is 55.4 Å². The second-order valence-corrected chi connectivity index (χ2v) is 16.7. The van der Waals surface area contributed by atoms with Gasteiger partial charge in [0.25, 0.3) is 5.91 Å². The molecule has 2 heterocycles. The highest BCUT2D eigenvalue weighted by atomic mass is 28.4. The van der Waals surface area contributed by atoms with Crippen molar-refractivity contribution in [3.63, 3.8) is 0 Å². The Labute approximate surface area is 244 Å². The summed E-state index contributed by atoms with van der Waals surface area (Å²) < 4.78 is 18.1. The SMILES string of the molecule is COc1cc(C(=O)N2CCC(c3cncnc3)=C[C@H]2CCO[Si](C)(C)C(C)(C)C)c(N)cc1OCc1ccccc1. The molecule has 1 aliphatic rings. The predicted molar refractivity (Wildman–Crippen MR) is 165 cm³/mol. The number of benzene rings is 2. The van der Waals surface area contributed by atoms with Crippen LogP contribution >= 0.6 is 0 Å². The van der Waals surface area contributed by atoms with Crippen molar-refractivity contribution in [3.05, 3.63) is 84.0 Å². The first-order valence-corrected chi connectivity index (χ1v) is 17.0. The smallest absolute Gasteiger partial charge is 0.256 e. The normalized spacial score (nSPS) is 15.8. The van der Waals surface area contributed by atoms with Gasteiger partial charge in [-0.25, -0.2) is 9.97 Å². The van der Waals surface area contributed by atoms with Crippen LogP contribution in [0.3, 0.4) is 0 Å². The van der Waals surface area contributed by atoms with Crippen LogP contribution in [0.25, 0.3) is 5.57 Å². The quantitative estimate of drug-likeness (QED) is 0.222. The van der Waals surface area contributed by atoms with Crippen molar-refractivity contribution in [3.8, 4) is 11.5 Å². The molecule has 0 aliphatic carbocycles. The molecule has 8 nitrogen and oxygen atoms in total. The number of carbonyl (C=O) groups excluding carboxylic acids is 1. The Morgan fingerprint density at radius 2 is 1.80 bits per heavy atom. The fraction of sp³-hybridized carbons (Fsp3) is 0.406. The number of nitrogen functional groups attached to an aromatic ring is 1. The first kappa shape index (κ1) is 30.3. The van der Waals surface area contributed by atoms with Crippen LogP contribution in [-0.2, 0) is 11.0 Å². The van der Waals surface area contributed by atoms with Crippen molar-refractivity contribution in [1.82, 2.24) is 14.9 Å². The lowest BCUT2D eigenvalue weighted by molar-refractivity contribution is 0.0690. The van der Waals surface area contributed by atoms with E-state index < -0.39 is 8.32 Å². The summed E-state index contributed by atoms with van der Waals surface area (Å²) in [6, 6.07) is 13.1. The summed E-state index contributed by atoms with van der Waals surface area (Å²) in [4.78, 5) is 24.3. The van der Waals surface area contributed by atoms with Crippen molar-refractivity contribution in [2.24, 2.45) is 0 Å². The van der Waals surface area contributed by atoms with E-state index in [0.717, 1.165) is 16.7 Å². The molecule has 218 valence electrons. The minimum absolute atomic E-state index is 0.104. The van der Waals surface area contributed by atoms with E-state index in [9.17, 15) is 4.79 Å². The average molecular weight is 575 g/mol. The topological polar surface area (TPSA) is 99.8 Å². The van der Waals surface area contributed by atoms with Gasteiger partial charge in [0.1, 0.15) is 12.9 Å². The van der Waals surface area contributed by atoms with Gasteiger partial charge in [0.05, 0.1) is 18.7 Å². The van der Waals surface area contributed by atoms with E-state index in [2.05, 4.69) is 49.9 Å². The number of hydrogen-bond donors (Lipinski definition) is 1. The van der Waals surface area contributed by atoms with Crippen molar-refractivity contribution in [2.45, 2.75) is 64.4 Å². The van der Waals surface area contributed by atoms with Gasteiger partial charge in [0.2, 0.25) is 0 Å². The molecule has 0 saturated heterocycles.